The Bertz CT molecular complexity index is 674. The fraction of sp³-hybridized carbons (Fsp3) is 0. The Morgan fingerprint density at radius 1 is 1.06 bits per heavy atom. The first-order valence-electron chi connectivity index (χ1n) is 4.79. The van der Waals surface area contributed by atoms with Gasteiger partial charge in [-0.25, -0.2) is 9.67 Å². The molecule has 0 amide bonds. The van der Waals surface area contributed by atoms with Crippen LogP contribution in [-0.2, 0) is 0 Å². The van der Waals surface area contributed by atoms with E-state index in [-0.39, 0.29) is 11.9 Å². The molecule has 0 aliphatic rings. The standard InChI is InChI=1S/C8H6BrN9/c9-5-1-12-17(2-5)7-14-6(10)15-8(16-7)18-4-11-3-13-18/h1-4H,(H2,10,14,15,16). The van der Waals surface area contributed by atoms with Crippen LogP contribution in [-0.4, -0.2) is 39.5 Å². The summed E-state index contributed by atoms with van der Waals surface area (Å²) >= 11 is 3.29. The highest BCUT2D eigenvalue weighted by molar-refractivity contribution is 9.10. The zero-order valence-corrected chi connectivity index (χ0v) is 10.4. The van der Waals surface area contributed by atoms with Crippen molar-refractivity contribution < 1.29 is 0 Å². The van der Waals surface area contributed by atoms with Crippen molar-refractivity contribution >= 4 is 21.9 Å². The molecule has 0 saturated carbocycles. The van der Waals surface area contributed by atoms with E-state index in [0.717, 1.165) is 4.47 Å². The van der Waals surface area contributed by atoms with Gasteiger partial charge in [-0.15, -0.1) is 0 Å². The van der Waals surface area contributed by atoms with E-state index in [1.807, 2.05) is 0 Å². The number of hydrogen-bond donors (Lipinski definition) is 1. The smallest absolute Gasteiger partial charge is 0.258 e. The van der Waals surface area contributed by atoms with Crippen LogP contribution in [0.15, 0.2) is 29.5 Å². The molecule has 3 aromatic rings. The summed E-state index contributed by atoms with van der Waals surface area (Å²) in [7, 11) is 0. The summed E-state index contributed by atoms with van der Waals surface area (Å²) in [4.78, 5) is 16.0. The first kappa shape index (κ1) is 10.8. The highest BCUT2D eigenvalue weighted by Crippen LogP contribution is 2.10. The Hall–Kier alpha value is -2.36. The molecule has 0 aromatic carbocycles. The third-order valence-electron chi connectivity index (χ3n) is 2.01. The van der Waals surface area contributed by atoms with E-state index in [9.17, 15) is 0 Å². The Morgan fingerprint density at radius 3 is 2.44 bits per heavy atom. The van der Waals surface area contributed by atoms with Crippen LogP contribution in [0.3, 0.4) is 0 Å². The third-order valence-corrected chi connectivity index (χ3v) is 2.42. The Kier molecular flexibility index (Phi) is 2.48. The van der Waals surface area contributed by atoms with Crippen molar-refractivity contribution in [3.63, 3.8) is 0 Å². The minimum Gasteiger partial charge on any atom is -0.368 e. The minimum atomic E-state index is 0.0807. The lowest BCUT2D eigenvalue weighted by Crippen LogP contribution is -2.11. The molecule has 0 aliphatic heterocycles. The number of hydrogen-bond acceptors (Lipinski definition) is 7. The van der Waals surface area contributed by atoms with E-state index in [2.05, 4.69) is 46.1 Å². The van der Waals surface area contributed by atoms with Crippen molar-refractivity contribution in [3.05, 3.63) is 29.5 Å². The average Bonchev–Trinajstić information content (AvgIpc) is 2.98. The van der Waals surface area contributed by atoms with Crippen LogP contribution in [0.4, 0.5) is 5.95 Å². The fourth-order valence-corrected chi connectivity index (χ4v) is 1.58. The van der Waals surface area contributed by atoms with Crippen LogP contribution in [0.5, 0.6) is 0 Å². The molecule has 0 bridgehead atoms. The third kappa shape index (κ3) is 1.93. The molecule has 0 unspecified atom stereocenters. The predicted molar refractivity (Wildman–Crippen MR) is 64.0 cm³/mol. The van der Waals surface area contributed by atoms with Gasteiger partial charge in [0.2, 0.25) is 5.95 Å². The normalized spacial score (nSPS) is 10.7. The highest BCUT2D eigenvalue weighted by Gasteiger charge is 2.09. The SMILES string of the molecule is Nc1nc(-n2cncn2)nc(-n2cc(Br)cn2)n1. The van der Waals surface area contributed by atoms with Gasteiger partial charge in [-0.05, 0) is 15.9 Å². The van der Waals surface area contributed by atoms with Gasteiger partial charge in [-0.2, -0.15) is 29.8 Å². The van der Waals surface area contributed by atoms with Crippen molar-refractivity contribution in [2.75, 3.05) is 5.73 Å². The van der Waals surface area contributed by atoms with Crippen molar-refractivity contribution in [2.24, 2.45) is 0 Å². The zero-order valence-electron chi connectivity index (χ0n) is 8.84. The number of nitrogens with two attached hydrogens (primary N) is 1. The van der Waals surface area contributed by atoms with Gasteiger partial charge >= 0.3 is 0 Å². The van der Waals surface area contributed by atoms with Gasteiger partial charge in [0.05, 0.1) is 10.7 Å². The van der Waals surface area contributed by atoms with Crippen LogP contribution >= 0.6 is 15.9 Å². The summed E-state index contributed by atoms with van der Waals surface area (Å²) in [5, 5.41) is 7.99. The molecule has 9 nitrogen and oxygen atoms in total. The molecule has 10 heteroatoms. The molecule has 3 heterocycles. The topological polar surface area (TPSA) is 113 Å². The van der Waals surface area contributed by atoms with E-state index in [1.165, 1.54) is 22.0 Å². The first-order chi connectivity index (χ1) is 8.72. The predicted octanol–water partition coefficient (Wildman–Crippen LogP) is -0.0173. The molecule has 0 saturated heterocycles. The molecule has 0 fully saturated rings. The highest BCUT2D eigenvalue weighted by atomic mass is 79.9. The maximum Gasteiger partial charge on any atom is 0.258 e. The molecule has 0 spiro atoms. The Labute approximate surface area is 109 Å². The van der Waals surface area contributed by atoms with Crippen molar-refractivity contribution in [2.45, 2.75) is 0 Å². The fourth-order valence-electron chi connectivity index (χ4n) is 1.30. The number of rotatable bonds is 2. The van der Waals surface area contributed by atoms with E-state index in [0.29, 0.717) is 5.95 Å². The van der Waals surface area contributed by atoms with Crippen LogP contribution in [0.25, 0.3) is 11.9 Å². The first-order valence-corrected chi connectivity index (χ1v) is 5.59. The number of nitrogens with zero attached hydrogens (tertiary/aromatic N) is 8. The van der Waals surface area contributed by atoms with E-state index >= 15 is 0 Å². The number of nitrogen functional groups attached to an aromatic ring is 1. The molecule has 18 heavy (non-hydrogen) atoms. The van der Waals surface area contributed by atoms with Crippen LogP contribution in [0, 0.1) is 0 Å². The second-order valence-corrected chi connectivity index (χ2v) is 4.15. The quantitative estimate of drug-likeness (QED) is 0.708. The Balaban J connectivity index is 2.11. The Morgan fingerprint density at radius 2 is 1.83 bits per heavy atom. The second kappa shape index (κ2) is 4.14. The van der Waals surface area contributed by atoms with Crippen LogP contribution < -0.4 is 5.73 Å². The summed E-state index contributed by atoms with van der Waals surface area (Å²) in [6, 6.07) is 0. The number of halogens is 1. The summed E-state index contributed by atoms with van der Waals surface area (Å²) < 4.78 is 3.67. The molecule has 0 radical (unpaired) electrons. The van der Waals surface area contributed by atoms with Crippen LogP contribution in [0.2, 0.25) is 0 Å². The van der Waals surface area contributed by atoms with Gasteiger partial charge in [-0.1, -0.05) is 0 Å². The molecule has 90 valence electrons. The lowest BCUT2D eigenvalue weighted by atomic mass is 10.7. The van der Waals surface area contributed by atoms with Crippen LogP contribution in [0.1, 0.15) is 0 Å². The van der Waals surface area contributed by atoms with Gasteiger partial charge in [0.15, 0.2) is 0 Å². The van der Waals surface area contributed by atoms with E-state index in [1.54, 1.807) is 12.4 Å². The molecule has 2 N–H and O–H groups in total. The van der Waals surface area contributed by atoms with Gasteiger partial charge in [0.1, 0.15) is 12.7 Å². The van der Waals surface area contributed by atoms with Gasteiger partial charge in [0, 0.05) is 6.20 Å². The van der Waals surface area contributed by atoms with E-state index < -0.39 is 0 Å². The largest absolute Gasteiger partial charge is 0.368 e. The van der Waals surface area contributed by atoms with Gasteiger partial charge < -0.3 is 5.73 Å². The summed E-state index contributed by atoms with van der Waals surface area (Å²) in [6.45, 7) is 0. The molecule has 3 aromatic heterocycles. The molecule has 0 aliphatic carbocycles. The van der Waals surface area contributed by atoms with E-state index in [4.69, 9.17) is 5.73 Å². The summed E-state index contributed by atoms with van der Waals surface area (Å²) in [5.74, 6) is 0.664. The molecular formula is C8H6BrN9. The summed E-state index contributed by atoms with van der Waals surface area (Å²) in [5.41, 5.74) is 5.63. The van der Waals surface area contributed by atoms with Crippen molar-refractivity contribution in [3.8, 4) is 11.9 Å². The zero-order chi connectivity index (χ0) is 12.5. The maximum absolute atomic E-state index is 5.63. The van der Waals surface area contributed by atoms with Crippen molar-refractivity contribution in [1.29, 1.82) is 0 Å². The number of anilines is 1. The van der Waals surface area contributed by atoms with Crippen molar-refractivity contribution in [1.82, 2.24) is 39.5 Å². The number of aromatic nitrogens is 8. The van der Waals surface area contributed by atoms with Gasteiger partial charge in [-0.3, -0.25) is 0 Å². The molecule has 0 atom stereocenters. The minimum absolute atomic E-state index is 0.0807. The monoisotopic (exact) mass is 307 g/mol. The molecular weight excluding hydrogens is 302 g/mol. The average molecular weight is 308 g/mol. The molecule has 3 rings (SSSR count). The second-order valence-electron chi connectivity index (χ2n) is 3.24. The lowest BCUT2D eigenvalue weighted by Gasteiger charge is -2.03. The summed E-state index contributed by atoms with van der Waals surface area (Å²) in [6.07, 6.45) is 6.18. The maximum atomic E-state index is 5.63. The van der Waals surface area contributed by atoms with Gasteiger partial charge in [0.25, 0.3) is 11.9 Å². The lowest BCUT2D eigenvalue weighted by molar-refractivity contribution is 0.747.